The zero-order chi connectivity index (χ0) is 14.8. The van der Waals surface area contributed by atoms with E-state index in [2.05, 4.69) is 4.72 Å². The first kappa shape index (κ1) is 15.7. The van der Waals surface area contributed by atoms with E-state index in [0.29, 0.717) is 0 Å². The Morgan fingerprint density at radius 2 is 2.20 bits per heavy atom. The Hall–Kier alpha value is -0.660. The van der Waals surface area contributed by atoms with Gasteiger partial charge in [-0.3, -0.25) is 0 Å². The second kappa shape index (κ2) is 6.41. The fourth-order valence-electron chi connectivity index (χ4n) is 2.49. The largest absolute Gasteiger partial charge is 0.380 e. The number of ether oxygens (including phenoxy) is 1. The van der Waals surface area contributed by atoms with E-state index >= 15 is 0 Å². The molecule has 1 aliphatic rings. The number of hydrogen-bond donors (Lipinski definition) is 2. The molecular weight excluding hydrogens is 300 g/mol. The van der Waals surface area contributed by atoms with Crippen molar-refractivity contribution in [3.8, 4) is 0 Å². The summed E-state index contributed by atoms with van der Waals surface area (Å²) in [6.45, 7) is 0.268. The first-order valence-electron chi connectivity index (χ1n) is 6.51. The maximum Gasteiger partial charge on any atom is 0.242 e. The lowest BCUT2D eigenvalue weighted by Gasteiger charge is -2.20. The molecule has 0 aliphatic heterocycles. The van der Waals surface area contributed by atoms with Crippen molar-refractivity contribution in [3.05, 3.63) is 28.8 Å². The molecule has 5 nitrogen and oxygen atoms in total. The SMILES string of the molecule is COC1CCCC1NS(=O)(=O)c1cc(CN)ccc1Cl. The number of hydrogen-bond acceptors (Lipinski definition) is 4. The lowest BCUT2D eigenvalue weighted by molar-refractivity contribution is 0.0916. The van der Waals surface area contributed by atoms with Crippen molar-refractivity contribution in [1.29, 1.82) is 0 Å². The monoisotopic (exact) mass is 318 g/mol. The fraction of sp³-hybridized carbons (Fsp3) is 0.538. The molecule has 0 spiro atoms. The summed E-state index contributed by atoms with van der Waals surface area (Å²) in [7, 11) is -2.07. The summed E-state index contributed by atoms with van der Waals surface area (Å²) in [6, 6.07) is 4.58. The first-order valence-corrected chi connectivity index (χ1v) is 8.37. The van der Waals surface area contributed by atoms with Crippen LogP contribution in [0.5, 0.6) is 0 Å². The van der Waals surface area contributed by atoms with Crippen molar-refractivity contribution in [2.24, 2.45) is 5.73 Å². The third-order valence-electron chi connectivity index (χ3n) is 3.58. The average molecular weight is 319 g/mol. The molecule has 0 saturated heterocycles. The number of sulfonamides is 1. The van der Waals surface area contributed by atoms with Gasteiger partial charge in [-0.25, -0.2) is 13.1 Å². The second-order valence-electron chi connectivity index (χ2n) is 4.90. The number of rotatable bonds is 5. The van der Waals surface area contributed by atoms with Crippen LogP contribution in [-0.4, -0.2) is 27.7 Å². The molecule has 0 amide bonds. The van der Waals surface area contributed by atoms with Gasteiger partial charge in [0.25, 0.3) is 0 Å². The van der Waals surface area contributed by atoms with Crippen molar-refractivity contribution < 1.29 is 13.2 Å². The zero-order valence-electron chi connectivity index (χ0n) is 11.3. The van der Waals surface area contributed by atoms with Crippen molar-refractivity contribution in [2.75, 3.05) is 7.11 Å². The van der Waals surface area contributed by atoms with Crippen LogP contribution < -0.4 is 10.5 Å². The quantitative estimate of drug-likeness (QED) is 0.865. The molecule has 0 radical (unpaired) electrons. The third kappa shape index (κ3) is 3.32. The van der Waals surface area contributed by atoms with Gasteiger partial charge in [0.2, 0.25) is 10.0 Å². The van der Waals surface area contributed by atoms with E-state index in [9.17, 15) is 8.42 Å². The Bertz CT molecular complexity index is 577. The van der Waals surface area contributed by atoms with Gasteiger partial charge in [0.05, 0.1) is 11.1 Å². The lowest BCUT2D eigenvalue weighted by Crippen LogP contribution is -2.40. The average Bonchev–Trinajstić information content (AvgIpc) is 2.85. The van der Waals surface area contributed by atoms with Crippen LogP contribution in [0.25, 0.3) is 0 Å². The zero-order valence-corrected chi connectivity index (χ0v) is 12.9. The molecule has 112 valence electrons. The van der Waals surface area contributed by atoms with E-state index in [0.717, 1.165) is 24.8 Å². The molecule has 2 rings (SSSR count). The van der Waals surface area contributed by atoms with Gasteiger partial charge in [-0.05, 0) is 37.0 Å². The Balaban J connectivity index is 2.26. The molecule has 1 aromatic carbocycles. The highest BCUT2D eigenvalue weighted by Crippen LogP contribution is 2.26. The summed E-state index contributed by atoms with van der Waals surface area (Å²) in [4.78, 5) is 0.0730. The highest BCUT2D eigenvalue weighted by atomic mass is 35.5. The van der Waals surface area contributed by atoms with Crippen LogP contribution in [0.3, 0.4) is 0 Å². The first-order chi connectivity index (χ1) is 9.47. The Labute approximate surface area is 124 Å². The summed E-state index contributed by atoms with van der Waals surface area (Å²) in [5.74, 6) is 0. The molecule has 3 N–H and O–H groups in total. The van der Waals surface area contributed by atoms with Crippen LogP contribution in [-0.2, 0) is 21.3 Å². The summed E-state index contributed by atoms with van der Waals surface area (Å²) in [5.41, 5.74) is 6.27. The van der Waals surface area contributed by atoms with Crippen LogP contribution in [0, 0.1) is 0 Å². The van der Waals surface area contributed by atoms with Crippen LogP contribution in [0.2, 0.25) is 5.02 Å². The molecule has 7 heteroatoms. The van der Waals surface area contributed by atoms with E-state index < -0.39 is 10.0 Å². The number of methoxy groups -OCH3 is 1. The van der Waals surface area contributed by atoms with Gasteiger partial charge >= 0.3 is 0 Å². The van der Waals surface area contributed by atoms with Crippen LogP contribution in [0.15, 0.2) is 23.1 Å². The second-order valence-corrected chi connectivity index (χ2v) is 6.99. The molecule has 0 aromatic heterocycles. The molecule has 1 fully saturated rings. The standard InChI is InChI=1S/C13H19ClN2O3S/c1-19-12-4-2-3-11(12)16-20(17,18)13-7-9(8-15)5-6-10(13)14/h5-7,11-12,16H,2-4,8,15H2,1H3. The van der Waals surface area contributed by atoms with Gasteiger partial charge in [0.15, 0.2) is 0 Å². The summed E-state index contributed by atoms with van der Waals surface area (Å²) in [5, 5.41) is 0.196. The Morgan fingerprint density at radius 1 is 1.45 bits per heavy atom. The summed E-state index contributed by atoms with van der Waals surface area (Å²) >= 11 is 6.00. The van der Waals surface area contributed by atoms with Gasteiger partial charge in [-0.2, -0.15) is 0 Å². The lowest BCUT2D eigenvalue weighted by atomic mass is 10.2. The third-order valence-corrected chi connectivity index (χ3v) is 5.55. The predicted octanol–water partition coefficient (Wildman–Crippen LogP) is 1.64. The molecular formula is C13H19ClN2O3S. The topological polar surface area (TPSA) is 81.4 Å². The van der Waals surface area contributed by atoms with Crippen molar-refractivity contribution in [1.82, 2.24) is 4.72 Å². The maximum absolute atomic E-state index is 12.4. The normalized spacial score (nSPS) is 23.1. The van der Waals surface area contributed by atoms with Gasteiger partial charge < -0.3 is 10.5 Å². The van der Waals surface area contributed by atoms with E-state index in [1.54, 1.807) is 19.2 Å². The molecule has 1 aromatic rings. The van der Waals surface area contributed by atoms with Crippen molar-refractivity contribution in [3.63, 3.8) is 0 Å². The molecule has 1 saturated carbocycles. The summed E-state index contributed by atoms with van der Waals surface area (Å²) in [6.07, 6.45) is 2.50. The van der Waals surface area contributed by atoms with E-state index in [1.807, 2.05) is 0 Å². The van der Waals surface area contributed by atoms with Gasteiger partial charge in [-0.1, -0.05) is 17.7 Å². The Kier molecular flexibility index (Phi) is 5.04. The predicted molar refractivity (Wildman–Crippen MR) is 78.1 cm³/mol. The minimum atomic E-state index is -3.67. The minimum absolute atomic E-state index is 0.0730. The van der Waals surface area contributed by atoms with Crippen molar-refractivity contribution in [2.45, 2.75) is 42.8 Å². The fourth-order valence-corrected chi connectivity index (χ4v) is 4.34. The number of halogens is 1. The van der Waals surface area contributed by atoms with Crippen LogP contribution in [0.4, 0.5) is 0 Å². The molecule has 1 aliphatic carbocycles. The van der Waals surface area contributed by atoms with Gasteiger partial charge in [0, 0.05) is 19.7 Å². The molecule has 20 heavy (non-hydrogen) atoms. The van der Waals surface area contributed by atoms with Gasteiger partial charge in [-0.15, -0.1) is 0 Å². The molecule has 2 unspecified atom stereocenters. The number of nitrogens with two attached hydrogens (primary N) is 1. The maximum atomic E-state index is 12.4. The number of benzene rings is 1. The van der Waals surface area contributed by atoms with Gasteiger partial charge in [0.1, 0.15) is 4.90 Å². The number of nitrogens with one attached hydrogen (secondary N) is 1. The van der Waals surface area contributed by atoms with Crippen LogP contribution in [0.1, 0.15) is 24.8 Å². The Morgan fingerprint density at radius 3 is 2.85 bits per heavy atom. The minimum Gasteiger partial charge on any atom is -0.380 e. The van der Waals surface area contributed by atoms with E-state index in [-0.39, 0.29) is 28.6 Å². The summed E-state index contributed by atoms with van der Waals surface area (Å²) < 4.78 is 32.9. The van der Waals surface area contributed by atoms with Crippen molar-refractivity contribution >= 4 is 21.6 Å². The highest BCUT2D eigenvalue weighted by Gasteiger charge is 2.32. The molecule has 0 bridgehead atoms. The molecule has 0 heterocycles. The highest BCUT2D eigenvalue weighted by molar-refractivity contribution is 7.89. The van der Waals surface area contributed by atoms with Crippen LogP contribution >= 0.6 is 11.6 Å². The smallest absolute Gasteiger partial charge is 0.242 e. The molecule has 2 atom stereocenters. The van der Waals surface area contributed by atoms with E-state index in [4.69, 9.17) is 22.1 Å². The van der Waals surface area contributed by atoms with E-state index in [1.165, 1.54) is 6.07 Å².